The normalized spacial score (nSPS) is 26.2. The molecule has 0 saturated heterocycles. The molecule has 5 heteroatoms. The Kier molecular flexibility index (Phi) is 5.05. The molecule has 2 unspecified atom stereocenters. The van der Waals surface area contributed by atoms with Gasteiger partial charge in [-0.05, 0) is 37.1 Å². The van der Waals surface area contributed by atoms with E-state index in [0.717, 1.165) is 25.7 Å². The molecule has 1 fully saturated rings. The lowest BCUT2D eigenvalue weighted by Gasteiger charge is -2.35. The smallest absolute Gasteiger partial charge is 0.254 e. The van der Waals surface area contributed by atoms with Crippen LogP contribution in [-0.4, -0.2) is 34.4 Å². The SMILES string of the molecule is CSc1ncccc1C(=O)NCC1(O)CCCC(C)C1. The molecule has 1 aliphatic rings. The molecule has 1 saturated carbocycles. The van der Waals surface area contributed by atoms with Gasteiger partial charge in [0, 0.05) is 12.7 Å². The average Bonchev–Trinajstić information content (AvgIpc) is 2.44. The number of amides is 1. The minimum atomic E-state index is -0.755. The Morgan fingerprint density at radius 3 is 3.15 bits per heavy atom. The second-order valence-electron chi connectivity index (χ2n) is 5.67. The van der Waals surface area contributed by atoms with E-state index in [1.165, 1.54) is 11.8 Å². The molecule has 110 valence electrons. The summed E-state index contributed by atoms with van der Waals surface area (Å²) < 4.78 is 0. The van der Waals surface area contributed by atoms with E-state index in [2.05, 4.69) is 17.2 Å². The van der Waals surface area contributed by atoms with Crippen molar-refractivity contribution in [1.29, 1.82) is 0 Å². The summed E-state index contributed by atoms with van der Waals surface area (Å²) in [5, 5.41) is 14.1. The first-order chi connectivity index (χ1) is 9.54. The van der Waals surface area contributed by atoms with E-state index in [9.17, 15) is 9.90 Å². The number of nitrogens with zero attached hydrogens (tertiary/aromatic N) is 1. The number of thioether (sulfide) groups is 1. The molecule has 1 heterocycles. The number of hydrogen-bond acceptors (Lipinski definition) is 4. The van der Waals surface area contributed by atoms with Gasteiger partial charge in [-0.15, -0.1) is 11.8 Å². The van der Waals surface area contributed by atoms with Crippen LogP contribution in [0.1, 0.15) is 43.0 Å². The first-order valence-corrected chi connectivity index (χ1v) is 8.26. The Balaban J connectivity index is 1.98. The highest BCUT2D eigenvalue weighted by molar-refractivity contribution is 7.98. The van der Waals surface area contributed by atoms with Crippen molar-refractivity contribution in [3.05, 3.63) is 23.9 Å². The summed E-state index contributed by atoms with van der Waals surface area (Å²) in [5.41, 5.74) is -0.179. The van der Waals surface area contributed by atoms with Gasteiger partial charge >= 0.3 is 0 Å². The molecule has 0 aromatic carbocycles. The Morgan fingerprint density at radius 2 is 2.45 bits per heavy atom. The van der Waals surface area contributed by atoms with Gasteiger partial charge in [-0.3, -0.25) is 4.79 Å². The number of hydrogen-bond donors (Lipinski definition) is 2. The first kappa shape index (κ1) is 15.3. The van der Waals surface area contributed by atoms with E-state index in [1.54, 1.807) is 18.3 Å². The fourth-order valence-corrected chi connectivity index (χ4v) is 3.41. The third-order valence-electron chi connectivity index (χ3n) is 3.85. The maximum Gasteiger partial charge on any atom is 0.254 e. The van der Waals surface area contributed by atoms with E-state index >= 15 is 0 Å². The number of pyridine rings is 1. The average molecular weight is 294 g/mol. The maximum atomic E-state index is 12.2. The van der Waals surface area contributed by atoms with Gasteiger partial charge in [0.15, 0.2) is 0 Å². The second-order valence-corrected chi connectivity index (χ2v) is 6.46. The van der Waals surface area contributed by atoms with Gasteiger partial charge < -0.3 is 10.4 Å². The van der Waals surface area contributed by atoms with Gasteiger partial charge in [-0.1, -0.05) is 19.8 Å². The van der Waals surface area contributed by atoms with Crippen molar-refractivity contribution < 1.29 is 9.90 Å². The largest absolute Gasteiger partial charge is 0.388 e. The van der Waals surface area contributed by atoms with Gasteiger partial charge in [0.25, 0.3) is 5.91 Å². The van der Waals surface area contributed by atoms with Crippen molar-refractivity contribution in [2.75, 3.05) is 12.8 Å². The summed E-state index contributed by atoms with van der Waals surface area (Å²) in [6.07, 6.45) is 7.29. The zero-order valence-corrected chi connectivity index (χ0v) is 12.9. The number of carbonyl (C=O) groups excluding carboxylic acids is 1. The van der Waals surface area contributed by atoms with Crippen LogP contribution in [0.4, 0.5) is 0 Å². The topological polar surface area (TPSA) is 62.2 Å². The van der Waals surface area contributed by atoms with Crippen molar-refractivity contribution in [3.63, 3.8) is 0 Å². The summed E-state index contributed by atoms with van der Waals surface area (Å²) in [6.45, 7) is 2.47. The monoisotopic (exact) mass is 294 g/mol. The minimum absolute atomic E-state index is 0.158. The fraction of sp³-hybridized carbons (Fsp3) is 0.600. The Bertz CT molecular complexity index is 481. The van der Waals surface area contributed by atoms with Gasteiger partial charge in [0.1, 0.15) is 5.03 Å². The van der Waals surface area contributed by atoms with Crippen molar-refractivity contribution in [2.45, 2.75) is 43.2 Å². The van der Waals surface area contributed by atoms with Gasteiger partial charge in [0.2, 0.25) is 0 Å². The fourth-order valence-electron chi connectivity index (χ4n) is 2.86. The highest BCUT2D eigenvalue weighted by Crippen LogP contribution is 2.31. The Morgan fingerprint density at radius 1 is 1.65 bits per heavy atom. The quantitative estimate of drug-likeness (QED) is 0.838. The molecule has 0 spiro atoms. The highest BCUT2D eigenvalue weighted by Gasteiger charge is 2.33. The lowest BCUT2D eigenvalue weighted by molar-refractivity contribution is -0.0109. The van der Waals surface area contributed by atoms with Crippen molar-refractivity contribution in [1.82, 2.24) is 10.3 Å². The van der Waals surface area contributed by atoms with E-state index in [4.69, 9.17) is 0 Å². The van der Waals surface area contributed by atoms with Crippen LogP contribution in [-0.2, 0) is 0 Å². The summed E-state index contributed by atoms with van der Waals surface area (Å²) in [6, 6.07) is 3.52. The van der Waals surface area contributed by atoms with Gasteiger partial charge in [-0.2, -0.15) is 0 Å². The second kappa shape index (κ2) is 6.59. The molecule has 1 aromatic rings. The van der Waals surface area contributed by atoms with E-state index in [-0.39, 0.29) is 5.91 Å². The van der Waals surface area contributed by atoms with Crippen molar-refractivity contribution in [3.8, 4) is 0 Å². The van der Waals surface area contributed by atoms with Crippen LogP contribution in [0.25, 0.3) is 0 Å². The molecule has 4 nitrogen and oxygen atoms in total. The minimum Gasteiger partial charge on any atom is -0.388 e. The van der Waals surface area contributed by atoms with E-state index in [0.29, 0.717) is 23.1 Å². The Hall–Kier alpha value is -1.07. The van der Waals surface area contributed by atoms with Crippen LogP contribution in [0.5, 0.6) is 0 Å². The number of aliphatic hydroxyl groups is 1. The summed E-state index contributed by atoms with van der Waals surface area (Å²) in [5.74, 6) is 0.361. The molecule has 1 amide bonds. The van der Waals surface area contributed by atoms with Gasteiger partial charge in [0.05, 0.1) is 11.2 Å². The third kappa shape index (κ3) is 3.73. The van der Waals surface area contributed by atoms with E-state index in [1.807, 2.05) is 6.26 Å². The first-order valence-electron chi connectivity index (χ1n) is 7.04. The molecule has 0 radical (unpaired) electrons. The molecule has 2 rings (SSSR count). The molecule has 2 atom stereocenters. The predicted octanol–water partition coefficient (Wildman–Crippen LogP) is 2.47. The molecule has 0 aliphatic heterocycles. The van der Waals surface area contributed by atoms with Crippen molar-refractivity contribution in [2.24, 2.45) is 5.92 Å². The summed E-state index contributed by atoms with van der Waals surface area (Å²) in [7, 11) is 0. The standard InChI is InChI=1S/C15H22N2O2S/c1-11-5-3-7-15(19,9-11)10-17-13(18)12-6-4-8-16-14(12)20-2/h4,6,8,11,19H,3,5,7,9-10H2,1-2H3,(H,17,18). The lowest BCUT2D eigenvalue weighted by atomic mass is 9.79. The molecule has 2 N–H and O–H groups in total. The highest BCUT2D eigenvalue weighted by atomic mass is 32.2. The maximum absolute atomic E-state index is 12.2. The molecule has 0 bridgehead atoms. The van der Waals surface area contributed by atoms with E-state index < -0.39 is 5.60 Å². The van der Waals surface area contributed by atoms with Crippen LogP contribution in [0, 0.1) is 5.92 Å². The van der Waals surface area contributed by atoms with Crippen LogP contribution in [0.3, 0.4) is 0 Å². The van der Waals surface area contributed by atoms with Gasteiger partial charge in [-0.25, -0.2) is 4.98 Å². The molecule has 1 aliphatic carbocycles. The zero-order valence-electron chi connectivity index (χ0n) is 12.1. The zero-order chi connectivity index (χ0) is 14.6. The molecule has 1 aromatic heterocycles. The van der Waals surface area contributed by atoms with Crippen LogP contribution in [0.2, 0.25) is 0 Å². The third-order valence-corrected chi connectivity index (χ3v) is 4.57. The molecular weight excluding hydrogens is 272 g/mol. The van der Waals surface area contributed by atoms with Crippen LogP contribution in [0.15, 0.2) is 23.4 Å². The number of rotatable bonds is 4. The lowest BCUT2D eigenvalue weighted by Crippen LogP contribution is -2.45. The summed E-state index contributed by atoms with van der Waals surface area (Å²) in [4.78, 5) is 16.4. The number of aromatic nitrogens is 1. The number of nitrogens with one attached hydrogen (secondary N) is 1. The molecular formula is C15H22N2O2S. The predicted molar refractivity (Wildman–Crippen MR) is 80.9 cm³/mol. The van der Waals surface area contributed by atoms with Crippen LogP contribution < -0.4 is 5.32 Å². The van der Waals surface area contributed by atoms with Crippen LogP contribution >= 0.6 is 11.8 Å². The van der Waals surface area contributed by atoms with Crippen molar-refractivity contribution >= 4 is 17.7 Å². The number of carbonyl (C=O) groups is 1. The summed E-state index contributed by atoms with van der Waals surface area (Å²) >= 11 is 1.45. The Labute approximate surface area is 124 Å². The molecule has 20 heavy (non-hydrogen) atoms.